The number of esters is 2. The first-order valence-electron chi connectivity index (χ1n) is 15.5. The standard InChI is InChI=1S/C30H46NO8S2/c1-27(2,25(32)38-17-29-11-19-5-20(12-29)7-21(6-19)13-29)40(34,35)31-41(36,37)28(3,4)26(33)39-18-30-14-22-8-23(15-30)10-24(9-22)16-30/h19-24H,5-18H2,1-4H3/q-1. The molecule has 8 aliphatic carbocycles. The van der Waals surface area contributed by atoms with E-state index >= 15 is 0 Å². The number of sulfonamides is 2. The maximum atomic E-state index is 13.3. The summed E-state index contributed by atoms with van der Waals surface area (Å²) in [6.07, 6.45) is 13.3. The molecule has 8 aliphatic rings. The fraction of sp³-hybridized carbons (Fsp3) is 0.933. The van der Waals surface area contributed by atoms with Crippen LogP contribution in [0.3, 0.4) is 0 Å². The Balaban J connectivity index is 1.08. The molecule has 8 rings (SSSR count). The van der Waals surface area contributed by atoms with Crippen molar-refractivity contribution in [3.63, 3.8) is 0 Å². The SMILES string of the molecule is CC(C)(C(=O)OCC12CC3CC(CC(C3)C1)C2)S(=O)(=O)[N-]S(=O)(=O)C(C)(C)C(=O)OCC12CC3CC(CC(C3)C1)C2. The smallest absolute Gasteiger partial charge is 0.325 e. The number of carbonyl (C=O) groups excluding carboxylic acids is 2. The zero-order valence-corrected chi connectivity index (χ0v) is 26.5. The summed E-state index contributed by atoms with van der Waals surface area (Å²) >= 11 is 0. The van der Waals surface area contributed by atoms with E-state index in [0.717, 1.165) is 66.2 Å². The number of hydrogen-bond acceptors (Lipinski definition) is 8. The molecule has 0 aromatic carbocycles. The normalized spacial score (nSPS) is 39.6. The highest BCUT2D eigenvalue weighted by Crippen LogP contribution is 2.61. The first-order chi connectivity index (χ1) is 18.9. The highest BCUT2D eigenvalue weighted by molar-refractivity contribution is 8.14. The quantitative estimate of drug-likeness (QED) is 0.311. The van der Waals surface area contributed by atoms with Gasteiger partial charge in [-0.1, -0.05) is 0 Å². The van der Waals surface area contributed by atoms with Gasteiger partial charge in [-0.3, -0.25) is 9.59 Å². The molecule has 8 saturated carbocycles. The second-order valence-corrected chi connectivity index (χ2v) is 20.6. The molecule has 41 heavy (non-hydrogen) atoms. The van der Waals surface area contributed by atoms with Crippen LogP contribution in [0.2, 0.25) is 0 Å². The van der Waals surface area contributed by atoms with Gasteiger partial charge in [0.1, 0.15) is 9.49 Å². The third kappa shape index (κ3) is 5.17. The van der Waals surface area contributed by atoms with Gasteiger partial charge in [0.15, 0.2) is 0 Å². The summed E-state index contributed by atoms with van der Waals surface area (Å²) < 4.78 is 63.1. The first-order valence-corrected chi connectivity index (χ1v) is 18.4. The average Bonchev–Trinajstić information content (AvgIpc) is 2.83. The second-order valence-electron chi connectivity index (χ2n) is 16.0. The Morgan fingerprint density at radius 2 is 0.829 bits per heavy atom. The predicted molar refractivity (Wildman–Crippen MR) is 152 cm³/mol. The van der Waals surface area contributed by atoms with E-state index in [1.54, 1.807) is 0 Å². The molecule has 0 N–H and O–H groups in total. The maximum Gasteiger partial charge on any atom is 0.325 e. The number of ether oxygens (including phenoxy) is 2. The predicted octanol–water partition coefficient (Wildman–Crippen LogP) is 5.10. The van der Waals surface area contributed by atoms with E-state index < -0.39 is 41.5 Å². The molecule has 9 nitrogen and oxygen atoms in total. The summed E-state index contributed by atoms with van der Waals surface area (Å²) in [5, 5.41) is 0. The van der Waals surface area contributed by atoms with Crippen LogP contribution in [0, 0.1) is 46.3 Å². The van der Waals surface area contributed by atoms with E-state index in [1.165, 1.54) is 38.5 Å². The minimum atomic E-state index is -4.91. The van der Waals surface area contributed by atoms with Crippen molar-refractivity contribution in [3.05, 3.63) is 4.13 Å². The molecule has 0 heterocycles. The lowest BCUT2D eigenvalue weighted by molar-refractivity contribution is -0.158. The number of rotatable bonds is 10. The Kier molecular flexibility index (Phi) is 7.03. The van der Waals surface area contributed by atoms with Gasteiger partial charge in [0.05, 0.1) is 33.3 Å². The lowest BCUT2D eigenvalue weighted by Crippen LogP contribution is -2.51. The Bertz CT molecular complexity index is 1140. The maximum absolute atomic E-state index is 13.3. The van der Waals surface area contributed by atoms with Crippen LogP contribution in [-0.2, 0) is 39.1 Å². The molecule has 0 atom stereocenters. The van der Waals surface area contributed by atoms with Crippen LogP contribution in [0.5, 0.6) is 0 Å². The van der Waals surface area contributed by atoms with Crippen LogP contribution in [0.25, 0.3) is 4.13 Å². The minimum absolute atomic E-state index is 0.115. The lowest BCUT2D eigenvalue weighted by atomic mass is 9.50. The molecule has 8 fully saturated rings. The van der Waals surface area contributed by atoms with Crippen molar-refractivity contribution < 1.29 is 35.9 Å². The molecule has 232 valence electrons. The van der Waals surface area contributed by atoms with E-state index in [0.29, 0.717) is 35.5 Å². The van der Waals surface area contributed by atoms with E-state index in [4.69, 9.17) is 9.47 Å². The third-order valence-corrected chi connectivity index (χ3v) is 16.3. The van der Waals surface area contributed by atoms with Crippen molar-refractivity contribution >= 4 is 32.0 Å². The highest BCUT2D eigenvalue weighted by atomic mass is 32.3. The van der Waals surface area contributed by atoms with Gasteiger partial charge in [-0.15, -0.1) is 0 Å². The van der Waals surface area contributed by atoms with Gasteiger partial charge in [0.2, 0.25) is 0 Å². The molecule has 0 saturated heterocycles. The summed E-state index contributed by atoms with van der Waals surface area (Å²) in [6, 6.07) is 0. The van der Waals surface area contributed by atoms with Crippen LogP contribution < -0.4 is 0 Å². The molecular weight excluding hydrogens is 566 g/mol. The van der Waals surface area contributed by atoms with Crippen molar-refractivity contribution in [2.75, 3.05) is 13.2 Å². The lowest BCUT2D eigenvalue weighted by Gasteiger charge is -2.56. The molecule has 0 radical (unpaired) electrons. The molecule has 8 bridgehead atoms. The molecule has 0 aromatic heterocycles. The summed E-state index contributed by atoms with van der Waals surface area (Å²) in [7, 11) is -9.82. The van der Waals surface area contributed by atoms with Crippen molar-refractivity contribution in [1.82, 2.24) is 0 Å². The van der Waals surface area contributed by atoms with Gasteiger partial charge in [-0.25, -0.2) is 16.8 Å². The number of hydrogen-bond donors (Lipinski definition) is 0. The van der Waals surface area contributed by atoms with Gasteiger partial charge in [-0.2, -0.15) is 0 Å². The van der Waals surface area contributed by atoms with Gasteiger partial charge in [0, 0.05) is 10.8 Å². The van der Waals surface area contributed by atoms with Crippen LogP contribution >= 0.6 is 0 Å². The van der Waals surface area contributed by atoms with Gasteiger partial charge in [-0.05, 0) is 140 Å². The Hall–Kier alpha value is -1.20. The van der Waals surface area contributed by atoms with Crippen LogP contribution in [0.15, 0.2) is 0 Å². The van der Waals surface area contributed by atoms with Gasteiger partial charge < -0.3 is 13.6 Å². The van der Waals surface area contributed by atoms with Crippen molar-refractivity contribution in [3.8, 4) is 0 Å². The Morgan fingerprint density at radius 3 is 1.07 bits per heavy atom. The first kappa shape index (κ1) is 29.9. The van der Waals surface area contributed by atoms with Gasteiger partial charge >= 0.3 is 11.9 Å². The summed E-state index contributed by atoms with van der Waals surface area (Å²) in [4.78, 5) is 26.3. The number of carbonyl (C=O) groups is 2. The molecule has 0 unspecified atom stereocenters. The average molecular weight is 613 g/mol. The molecule has 0 spiro atoms. The van der Waals surface area contributed by atoms with Crippen molar-refractivity contribution in [2.45, 2.75) is 114 Å². The van der Waals surface area contributed by atoms with Gasteiger partial charge in [0.25, 0.3) is 0 Å². The molecular formula is C30H46NO8S2-. The van der Waals surface area contributed by atoms with E-state index in [-0.39, 0.29) is 24.0 Å². The summed E-state index contributed by atoms with van der Waals surface area (Å²) in [5.74, 6) is 1.81. The molecule has 11 heteroatoms. The zero-order chi connectivity index (χ0) is 29.6. The topological polar surface area (TPSA) is 135 Å². The van der Waals surface area contributed by atoms with E-state index in [1.807, 2.05) is 0 Å². The summed E-state index contributed by atoms with van der Waals surface area (Å²) in [6.45, 7) is 4.74. The summed E-state index contributed by atoms with van der Waals surface area (Å²) in [5.41, 5.74) is -0.230. The van der Waals surface area contributed by atoms with Crippen LogP contribution in [-0.4, -0.2) is 51.5 Å². The Labute approximate surface area is 245 Å². The van der Waals surface area contributed by atoms with Crippen LogP contribution in [0.4, 0.5) is 0 Å². The monoisotopic (exact) mass is 612 g/mol. The fourth-order valence-electron chi connectivity index (χ4n) is 10.2. The van der Waals surface area contributed by atoms with E-state index in [9.17, 15) is 26.4 Å². The highest BCUT2D eigenvalue weighted by Gasteiger charge is 2.54. The Morgan fingerprint density at radius 1 is 0.585 bits per heavy atom. The zero-order valence-electron chi connectivity index (χ0n) is 24.9. The largest absolute Gasteiger partial charge is 0.464 e. The molecule has 0 aromatic rings. The van der Waals surface area contributed by atoms with Crippen molar-refractivity contribution in [2.24, 2.45) is 46.3 Å². The molecule has 0 amide bonds. The van der Waals surface area contributed by atoms with Crippen molar-refractivity contribution in [1.29, 1.82) is 0 Å². The van der Waals surface area contributed by atoms with Crippen LogP contribution in [0.1, 0.15) is 105 Å². The van der Waals surface area contributed by atoms with E-state index in [2.05, 4.69) is 4.13 Å². The molecule has 0 aliphatic heterocycles. The number of nitrogens with zero attached hydrogens (tertiary/aromatic N) is 1. The second kappa shape index (κ2) is 9.65. The third-order valence-electron chi connectivity index (χ3n) is 11.8. The minimum Gasteiger partial charge on any atom is -0.464 e. The fourth-order valence-corrected chi connectivity index (χ4v) is 13.3.